The number of hydrogen-bond acceptors (Lipinski definition) is 2. The van der Waals surface area contributed by atoms with Crippen molar-refractivity contribution in [1.82, 2.24) is 9.78 Å². The van der Waals surface area contributed by atoms with Gasteiger partial charge in [0.15, 0.2) is 5.11 Å². The number of aryl methyl sites for hydroxylation is 1. The van der Waals surface area contributed by atoms with Crippen LogP contribution in [-0.2, 0) is 6.54 Å². The molecule has 3 rings (SSSR count). The van der Waals surface area contributed by atoms with E-state index in [2.05, 4.69) is 31.7 Å². The fourth-order valence-corrected chi connectivity index (χ4v) is 3.13. The highest BCUT2D eigenvalue weighted by atomic mass is 79.9. The zero-order valence-electron chi connectivity index (χ0n) is 14.4. The van der Waals surface area contributed by atoms with Crippen LogP contribution in [0.5, 0.6) is 0 Å². The number of rotatable bonds is 4. The first kappa shape index (κ1) is 18.5. The molecular formula is C19H18BrFN4S. The molecule has 2 aromatic carbocycles. The summed E-state index contributed by atoms with van der Waals surface area (Å²) in [6.45, 7) is 4.67. The van der Waals surface area contributed by atoms with E-state index in [4.69, 9.17) is 12.2 Å². The Morgan fingerprint density at radius 1 is 1.12 bits per heavy atom. The molecule has 0 aliphatic rings. The third-order valence-electron chi connectivity index (χ3n) is 3.89. The van der Waals surface area contributed by atoms with Gasteiger partial charge in [0, 0.05) is 11.4 Å². The molecule has 134 valence electrons. The summed E-state index contributed by atoms with van der Waals surface area (Å²) in [6, 6.07) is 14.1. The number of anilines is 2. The summed E-state index contributed by atoms with van der Waals surface area (Å²) in [7, 11) is 0. The fraction of sp³-hybridized carbons (Fsp3) is 0.158. The van der Waals surface area contributed by atoms with Crippen molar-refractivity contribution >= 4 is 44.6 Å². The van der Waals surface area contributed by atoms with Gasteiger partial charge in [0.25, 0.3) is 0 Å². The largest absolute Gasteiger partial charge is 0.332 e. The van der Waals surface area contributed by atoms with Gasteiger partial charge >= 0.3 is 0 Å². The predicted octanol–water partition coefficient (Wildman–Crippen LogP) is 5.26. The Balaban J connectivity index is 1.69. The SMILES string of the molecule is Cc1nn(Cc2cccc(NC(=S)Nc3cccc(F)c3)c2)c(C)c1Br. The average molecular weight is 433 g/mol. The molecule has 2 N–H and O–H groups in total. The Kier molecular flexibility index (Phi) is 5.68. The highest BCUT2D eigenvalue weighted by Crippen LogP contribution is 2.21. The minimum Gasteiger partial charge on any atom is -0.332 e. The summed E-state index contributed by atoms with van der Waals surface area (Å²) in [6.07, 6.45) is 0. The molecule has 0 saturated heterocycles. The monoisotopic (exact) mass is 432 g/mol. The molecule has 0 unspecified atom stereocenters. The highest BCUT2D eigenvalue weighted by Gasteiger charge is 2.09. The van der Waals surface area contributed by atoms with Crippen molar-refractivity contribution < 1.29 is 4.39 Å². The Morgan fingerprint density at radius 2 is 1.77 bits per heavy atom. The van der Waals surface area contributed by atoms with Gasteiger partial charge in [-0.3, -0.25) is 4.68 Å². The molecule has 1 aromatic heterocycles. The van der Waals surface area contributed by atoms with Gasteiger partial charge in [-0.2, -0.15) is 5.10 Å². The number of nitrogens with one attached hydrogen (secondary N) is 2. The Bertz CT molecular complexity index is 954. The molecule has 0 spiro atoms. The summed E-state index contributed by atoms with van der Waals surface area (Å²) in [5.74, 6) is -0.309. The topological polar surface area (TPSA) is 41.9 Å². The van der Waals surface area contributed by atoms with Crippen molar-refractivity contribution in [2.75, 3.05) is 10.6 Å². The van der Waals surface area contributed by atoms with E-state index in [9.17, 15) is 4.39 Å². The first-order valence-electron chi connectivity index (χ1n) is 8.04. The summed E-state index contributed by atoms with van der Waals surface area (Å²) in [4.78, 5) is 0. The van der Waals surface area contributed by atoms with E-state index in [-0.39, 0.29) is 5.82 Å². The lowest BCUT2D eigenvalue weighted by Crippen LogP contribution is -2.19. The molecule has 7 heteroatoms. The predicted molar refractivity (Wildman–Crippen MR) is 111 cm³/mol. The Labute approximate surface area is 165 Å². The van der Waals surface area contributed by atoms with Crippen LogP contribution in [0.2, 0.25) is 0 Å². The second-order valence-corrected chi connectivity index (χ2v) is 7.13. The van der Waals surface area contributed by atoms with E-state index >= 15 is 0 Å². The molecule has 26 heavy (non-hydrogen) atoms. The van der Waals surface area contributed by atoms with Crippen molar-refractivity contribution in [1.29, 1.82) is 0 Å². The van der Waals surface area contributed by atoms with E-state index in [1.807, 2.05) is 42.8 Å². The van der Waals surface area contributed by atoms with Gasteiger partial charge in [-0.25, -0.2) is 4.39 Å². The van der Waals surface area contributed by atoms with Gasteiger partial charge in [0.05, 0.1) is 22.4 Å². The lowest BCUT2D eigenvalue weighted by atomic mass is 10.2. The molecule has 0 aliphatic heterocycles. The van der Waals surface area contributed by atoms with Crippen LogP contribution in [-0.4, -0.2) is 14.9 Å². The average Bonchev–Trinajstić information content (AvgIpc) is 2.82. The van der Waals surface area contributed by atoms with Gasteiger partial charge in [-0.1, -0.05) is 18.2 Å². The van der Waals surface area contributed by atoms with Crippen LogP contribution in [0.3, 0.4) is 0 Å². The fourth-order valence-electron chi connectivity index (χ4n) is 2.61. The molecule has 0 radical (unpaired) electrons. The summed E-state index contributed by atoms with van der Waals surface area (Å²) in [5, 5.41) is 11.0. The third kappa shape index (κ3) is 4.47. The van der Waals surface area contributed by atoms with Crippen molar-refractivity contribution in [3.8, 4) is 0 Å². The van der Waals surface area contributed by atoms with Gasteiger partial charge in [0.1, 0.15) is 5.82 Å². The number of benzene rings is 2. The molecule has 0 saturated carbocycles. The standard InChI is InChI=1S/C19H18BrFN4S/c1-12-18(20)13(2)25(24-12)11-14-5-3-7-16(9-14)22-19(26)23-17-8-4-6-15(21)10-17/h3-10H,11H2,1-2H3,(H2,22,23,26). The zero-order valence-corrected chi connectivity index (χ0v) is 16.8. The quantitative estimate of drug-likeness (QED) is 0.551. The van der Waals surface area contributed by atoms with Crippen molar-refractivity contribution in [3.63, 3.8) is 0 Å². The normalized spacial score (nSPS) is 10.6. The van der Waals surface area contributed by atoms with Crippen molar-refractivity contribution in [2.24, 2.45) is 0 Å². The van der Waals surface area contributed by atoms with Crippen LogP contribution in [0.15, 0.2) is 53.0 Å². The Morgan fingerprint density at radius 3 is 2.38 bits per heavy atom. The molecular weight excluding hydrogens is 415 g/mol. The minimum atomic E-state index is -0.309. The second kappa shape index (κ2) is 7.97. The summed E-state index contributed by atoms with van der Waals surface area (Å²) in [5.41, 5.74) is 4.62. The maximum absolute atomic E-state index is 13.3. The van der Waals surface area contributed by atoms with E-state index in [0.717, 1.165) is 27.1 Å². The third-order valence-corrected chi connectivity index (χ3v) is 5.24. The van der Waals surface area contributed by atoms with Crippen LogP contribution in [0.25, 0.3) is 0 Å². The van der Waals surface area contributed by atoms with Crippen LogP contribution in [0.4, 0.5) is 15.8 Å². The van der Waals surface area contributed by atoms with Crippen LogP contribution < -0.4 is 10.6 Å². The number of thiocarbonyl (C=S) groups is 1. The molecule has 4 nitrogen and oxygen atoms in total. The van der Waals surface area contributed by atoms with Gasteiger partial charge in [0.2, 0.25) is 0 Å². The second-order valence-electron chi connectivity index (χ2n) is 5.93. The van der Waals surface area contributed by atoms with E-state index in [0.29, 0.717) is 17.3 Å². The molecule has 1 heterocycles. The lowest BCUT2D eigenvalue weighted by Gasteiger charge is -2.12. The number of nitrogens with zero attached hydrogens (tertiary/aromatic N) is 2. The zero-order chi connectivity index (χ0) is 18.7. The first-order valence-corrected chi connectivity index (χ1v) is 9.24. The number of halogens is 2. The van der Waals surface area contributed by atoms with Crippen molar-refractivity contribution in [2.45, 2.75) is 20.4 Å². The van der Waals surface area contributed by atoms with E-state index in [1.54, 1.807) is 12.1 Å². The van der Waals surface area contributed by atoms with E-state index in [1.165, 1.54) is 12.1 Å². The summed E-state index contributed by atoms with van der Waals surface area (Å²) >= 11 is 8.86. The maximum Gasteiger partial charge on any atom is 0.175 e. The van der Waals surface area contributed by atoms with E-state index < -0.39 is 0 Å². The highest BCUT2D eigenvalue weighted by molar-refractivity contribution is 9.10. The summed E-state index contributed by atoms with van der Waals surface area (Å²) < 4.78 is 16.2. The maximum atomic E-state index is 13.3. The van der Waals surface area contributed by atoms with Gasteiger partial charge in [-0.15, -0.1) is 0 Å². The molecule has 0 bridgehead atoms. The Hall–Kier alpha value is -2.25. The van der Waals surface area contributed by atoms with Crippen LogP contribution >= 0.6 is 28.1 Å². The number of hydrogen-bond donors (Lipinski definition) is 2. The molecule has 3 aromatic rings. The molecule has 0 fully saturated rings. The first-order chi connectivity index (χ1) is 12.4. The van der Waals surface area contributed by atoms with Crippen LogP contribution in [0, 0.1) is 19.7 Å². The molecule has 0 atom stereocenters. The minimum absolute atomic E-state index is 0.309. The van der Waals surface area contributed by atoms with Crippen molar-refractivity contribution in [3.05, 3.63) is 75.8 Å². The smallest absolute Gasteiger partial charge is 0.175 e. The van der Waals surface area contributed by atoms with Gasteiger partial charge < -0.3 is 10.6 Å². The molecule has 0 aliphatic carbocycles. The van der Waals surface area contributed by atoms with Crippen LogP contribution in [0.1, 0.15) is 17.0 Å². The lowest BCUT2D eigenvalue weighted by molar-refractivity contribution is 0.628. The van der Waals surface area contributed by atoms with Gasteiger partial charge in [-0.05, 0) is 77.9 Å². The number of aromatic nitrogens is 2. The molecule has 0 amide bonds.